The second-order valence-electron chi connectivity index (χ2n) is 10.5. The van der Waals surface area contributed by atoms with E-state index in [0.29, 0.717) is 5.56 Å². The molecule has 0 saturated carbocycles. The first-order valence-electron chi connectivity index (χ1n) is 12.1. The lowest BCUT2D eigenvalue weighted by molar-refractivity contribution is -0.254. The number of rotatable bonds is 4. The minimum absolute atomic E-state index is 0.0372. The molecule has 0 fully saturated rings. The first-order chi connectivity index (χ1) is 18.5. The zero-order valence-corrected chi connectivity index (χ0v) is 23.3. The van der Waals surface area contributed by atoms with Gasteiger partial charge in [-0.3, -0.25) is 4.79 Å². The Morgan fingerprint density at radius 3 is 2.40 bits per heavy atom. The number of hydrogen-bond acceptors (Lipinski definition) is 7. The lowest BCUT2D eigenvalue weighted by Gasteiger charge is -2.33. The Hall–Kier alpha value is -3.12. The molecule has 216 valence electrons. The van der Waals surface area contributed by atoms with Crippen LogP contribution in [0.15, 0.2) is 52.1 Å². The van der Waals surface area contributed by atoms with E-state index in [2.05, 4.69) is 10.3 Å². The van der Waals surface area contributed by atoms with Gasteiger partial charge in [-0.1, -0.05) is 34.1 Å². The van der Waals surface area contributed by atoms with Crippen LogP contribution in [0.5, 0.6) is 0 Å². The molecule has 0 spiro atoms. The summed E-state index contributed by atoms with van der Waals surface area (Å²) in [7, 11) is 0. The predicted octanol–water partition coefficient (Wildman–Crippen LogP) is 6.89. The van der Waals surface area contributed by atoms with Crippen LogP contribution in [-0.2, 0) is 14.4 Å². The zero-order chi connectivity index (χ0) is 29.6. The molecule has 1 aromatic rings. The van der Waals surface area contributed by atoms with Crippen LogP contribution >= 0.6 is 23.2 Å². The summed E-state index contributed by atoms with van der Waals surface area (Å²) in [6, 6.07) is 4.19. The van der Waals surface area contributed by atoms with Crippen LogP contribution in [0.25, 0.3) is 0 Å². The number of carbonyl (C=O) groups excluding carboxylic acids is 2. The number of alkyl halides is 4. The van der Waals surface area contributed by atoms with Crippen molar-refractivity contribution >= 4 is 46.1 Å². The summed E-state index contributed by atoms with van der Waals surface area (Å²) in [6.07, 6.45) is -6.26. The second kappa shape index (κ2) is 10.7. The summed E-state index contributed by atoms with van der Waals surface area (Å²) in [4.78, 5) is 37.4. The molecule has 4 rings (SSSR count). The number of amides is 2. The first-order valence-corrected chi connectivity index (χ1v) is 12.9. The fourth-order valence-electron chi connectivity index (χ4n) is 4.37. The maximum absolute atomic E-state index is 14.3. The molecule has 2 amide bonds. The van der Waals surface area contributed by atoms with Gasteiger partial charge in [0.1, 0.15) is 11.4 Å². The van der Waals surface area contributed by atoms with Gasteiger partial charge in [0.15, 0.2) is 5.17 Å². The molecule has 2 heterocycles. The highest BCUT2D eigenvalue weighted by Gasteiger charge is 2.63. The molecule has 1 aromatic carbocycles. The van der Waals surface area contributed by atoms with Gasteiger partial charge in [0.25, 0.3) is 11.5 Å². The highest BCUT2D eigenvalue weighted by molar-refractivity contribution is 6.65. The van der Waals surface area contributed by atoms with Gasteiger partial charge in [-0.15, -0.1) is 11.6 Å². The normalized spacial score (nSPS) is 24.8. The summed E-state index contributed by atoms with van der Waals surface area (Å²) in [5.41, 5.74) is -3.39. The molecule has 40 heavy (non-hydrogen) atoms. The van der Waals surface area contributed by atoms with Gasteiger partial charge in [-0.05, 0) is 69.0 Å². The monoisotopic (exact) mass is 605 g/mol. The van der Waals surface area contributed by atoms with Gasteiger partial charge in [0.05, 0.1) is 17.5 Å². The third-order valence-electron chi connectivity index (χ3n) is 6.35. The third kappa shape index (κ3) is 5.83. The van der Waals surface area contributed by atoms with Crippen LogP contribution in [0.3, 0.4) is 0 Å². The quantitative estimate of drug-likeness (QED) is 0.275. The number of oxime groups is 2. The largest absolute Gasteiger partial charge is 0.443 e. The van der Waals surface area contributed by atoms with E-state index < -0.39 is 59.7 Å². The van der Waals surface area contributed by atoms with Crippen LogP contribution < -0.4 is 0 Å². The molecule has 0 bridgehead atoms. The van der Waals surface area contributed by atoms with Crippen molar-refractivity contribution in [1.29, 1.82) is 0 Å². The fraction of sp³-hybridized carbons (Fsp3) is 0.462. The van der Waals surface area contributed by atoms with E-state index in [-0.39, 0.29) is 34.0 Å². The molecule has 14 heteroatoms. The van der Waals surface area contributed by atoms with Gasteiger partial charge in [0.2, 0.25) is 6.23 Å². The Labute approximate surface area is 237 Å². The van der Waals surface area contributed by atoms with Crippen molar-refractivity contribution in [3.63, 3.8) is 0 Å². The zero-order valence-electron chi connectivity index (χ0n) is 21.8. The van der Waals surface area contributed by atoms with Gasteiger partial charge >= 0.3 is 12.3 Å². The maximum atomic E-state index is 14.3. The van der Waals surface area contributed by atoms with Gasteiger partial charge in [-0.2, -0.15) is 13.2 Å². The molecule has 3 aliphatic rings. The Bertz CT molecular complexity index is 1350. The van der Waals surface area contributed by atoms with Gasteiger partial charge in [0, 0.05) is 12.0 Å². The van der Waals surface area contributed by atoms with E-state index >= 15 is 0 Å². The number of imide groups is 1. The van der Waals surface area contributed by atoms with Crippen LogP contribution in [0.4, 0.5) is 22.4 Å². The number of hydrogen-bond donors (Lipinski definition) is 0. The summed E-state index contributed by atoms with van der Waals surface area (Å²) in [6.45, 7) is 6.43. The molecular formula is C26H25Cl2F4N3O5. The summed E-state index contributed by atoms with van der Waals surface area (Å²) >= 11 is 11.8. The molecule has 0 N–H and O–H groups in total. The average Bonchev–Trinajstić information content (AvgIpc) is 3.47. The van der Waals surface area contributed by atoms with Crippen LogP contribution in [-0.4, -0.2) is 56.8 Å². The van der Waals surface area contributed by atoms with E-state index in [1.807, 2.05) is 0 Å². The second-order valence-corrected chi connectivity index (χ2v) is 11.4. The molecule has 3 atom stereocenters. The fourth-order valence-corrected chi connectivity index (χ4v) is 4.78. The number of allylic oxidation sites excluding steroid dienone is 3. The topological polar surface area (TPSA) is 89.8 Å². The minimum Gasteiger partial charge on any atom is -0.443 e. The lowest BCUT2D eigenvalue weighted by atomic mass is 9.82. The predicted molar refractivity (Wildman–Crippen MR) is 139 cm³/mol. The van der Waals surface area contributed by atoms with Gasteiger partial charge < -0.3 is 14.4 Å². The molecule has 0 saturated heterocycles. The number of ether oxygens (including phenoxy) is 1. The minimum atomic E-state index is -4.88. The van der Waals surface area contributed by atoms with Crippen LogP contribution in [0.2, 0.25) is 0 Å². The number of nitrogens with zero attached hydrogens (tertiary/aromatic N) is 3. The van der Waals surface area contributed by atoms with Crippen molar-refractivity contribution in [1.82, 2.24) is 4.90 Å². The van der Waals surface area contributed by atoms with Crippen molar-refractivity contribution in [2.75, 3.05) is 0 Å². The Morgan fingerprint density at radius 2 is 1.85 bits per heavy atom. The van der Waals surface area contributed by atoms with E-state index in [0.717, 1.165) is 17.1 Å². The number of carbonyl (C=O) groups is 2. The van der Waals surface area contributed by atoms with E-state index in [1.165, 1.54) is 18.2 Å². The molecule has 0 radical (unpaired) electrons. The lowest BCUT2D eigenvalue weighted by Crippen LogP contribution is -2.48. The smallest absolute Gasteiger partial charge is 0.435 e. The Morgan fingerprint density at radius 1 is 1.15 bits per heavy atom. The van der Waals surface area contributed by atoms with Crippen LogP contribution in [0, 0.1) is 6.92 Å². The Balaban J connectivity index is 1.61. The standard InChI is InChI=1S/C26H25Cl2F4N3O5/c1-13-9-14(19-12-25(40-33-19,26(30,31)32)15-6-8-18(29)17(27)10-15)5-7-16(13)22(36)35(21-11-20(28)34-39-21)23(37)38-24(2,3)4/h5-9,17,21H,10-12H2,1-4H3. The molecule has 2 aliphatic heterocycles. The molecular weight excluding hydrogens is 581 g/mol. The molecule has 8 nitrogen and oxygen atoms in total. The maximum Gasteiger partial charge on any atom is 0.435 e. The van der Waals surface area contributed by atoms with Crippen molar-refractivity contribution in [3.8, 4) is 0 Å². The molecule has 1 aliphatic carbocycles. The SMILES string of the molecule is Cc1cc(C2=NOC(C3=CC=C(F)C(Cl)C3)(C(F)(F)F)C2)ccc1C(=O)N(C(=O)OC(C)(C)C)C1CC(Cl)=NO1. The summed E-state index contributed by atoms with van der Waals surface area (Å²) < 4.78 is 62.0. The number of halogens is 6. The van der Waals surface area contributed by atoms with Crippen molar-refractivity contribution in [3.05, 3.63) is 58.4 Å². The van der Waals surface area contributed by atoms with Gasteiger partial charge in [-0.25, -0.2) is 14.1 Å². The van der Waals surface area contributed by atoms with E-state index in [9.17, 15) is 27.2 Å². The highest BCUT2D eigenvalue weighted by atomic mass is 35.5. The van der Waals surface area contributed by atoms with E-state index in [1.54, 1.807) is 27.7 Å². The van der Waals surface area contributed by atoms with Crippen molar-refractivity contribution in [2.45, 2.75) is 75.9 Å². The van der Waals surface area contributed by atoms with Crippen LogP contribution in [0.1, 0.15) is 61.5 Å². The number of benzene rings is 1. The Kier molecular flexibility index (Phi) is 7.98. The van der Waals surface area contributed by atoms with Crippen molar-refractivity contribution < 1.29 is 41.6 Å². The van der Waals surface area contributed by atoms with E-state index in [4.69, 9.17) is 37.6 Å². The summed E-state index contributed by atoms with van der Waals surface area (Å²) in [5.74, 6) is -1.52. The number of aryl methyl sites for hydroxylation is 1. The van der Waals surface area contributed by atoms with Crippen molar-refractivity contribution in [2.24, 2.45) is 10.3 Å². The molecule has 0 aromatic heterocycles. The average molecular weight is 606 g/mol. The summed E-state index contributed by atoms with van der Waals surface area (Å²) in [5, 5.41) is 6.10. The molecule has 3 unspecified atom stereocenters. The highest BCUT2D eigenvalue weighted by Crippen LogP contribution is 2.49. The third-order valence-corrected chi connectivity index (χ3v) is 6.94. The first kappa shape index (κ1) is 29.9.